The highest BCUT2D eigenvalue weighted by Gasteiger charge is 2.26. The topological polar surface area (TPSA) is 89.5 Å². The number of aromatic nitrogens is 1. The molecule has 7 nitrogen and oxygen atoms in total. The molecule has 2 N–H and O–H groups in total. The molecule has 9 heteroatoms. The number of carbonyl (C=O) groups excluding carboxylic acids is 2. The zero-order valence-electron chi connectivity index (χ0n) is 14.6. The van der Waals surface area contributed by atoms with Crippen molar-refractivity contribution in [3.05, 3.63) is 40.5 Å². The zero-order chi connectivity index (χ0) is 19.1. The summed E-state index contributed by atoms with van der Waals surface area (Å²) in [5.41, 5.74) is 1.52. The molecule has 2 heterocycles. The molecule has 0 atom stereocenters. The van der Waals surface area contributed by atoms with Crippen molar-refractivity contribution in [2.75, 3.05) is 23.8 Å². The van der Waals surface area contributed by atoms with Crippen LogP contribution in [0.25, 0.3) is 0 Å². The summed E-state index contributed by atoms with van der Waals surface area (Å²) < 4.78 is 10.2. The van der Waals surface area contributed by atoms with Crippen molar-refractivity contribution < 1.29 is 19.1 Å². The molecule has 0 unspecified atom stereocenters. The van der Waals surface area contributed by atoms with E-state index in [0.29, 0.717) is 15.4 Å². The van der Waals surface area contributed by atoms with Gasteiger partial charge in [-0.05, 0) is 50.7 Å². The van der Waals surface area contributed by atoms with Crippen LogP contribution in [-0.2, 0) is 9.47 Å². The van der Waals surface area contributed by atoms with Crippen molar-refractivity contribution in [2.45, 2.75) is 20.8 Å². The summed E-state index contributed by atoms with van der Waals surface area (Å²) in [5, 5.41) is 6.66. The average Bonchev–Trinajstić information content (AvgIpc) is 2.92. The van der Waals surface area contributed by atoms with Gasteiger partial charge in [-0.1, -0.05) is 0 Å². The molecule has 0 spiro atoms. The first-order valence-corrected chi connectivity index (χ1v) is 9.16. The molecule has 2 aromatic rings. The highest BCUT2D eigenvalue weighted by atomic mass is 32.1. The number of ether oxygens (including phenoxy) is 2. The van der Waals surface area contributed by atoms with Gasteiger partial charge in [0.15, 0.2) is 5.11 Å². The third-order valence-corrected chi connectivity index (χ3v) is 4.64. The van der Waals surface area contributed by atoms with E-state index in [1.54, 1.807) is 45.3 Å². The second-order valence-corrected chi connectivity index (χ2v) is 6.45. The van der Waals surface area contributed by atoms with E-state index in [1.807, 2.05) is 0 Å². The SMILES string of the molecule is CCOC(=O)c1sc(NC(=S)Nc2ccncc2)c(C(=O)OCC)c1C. The number of rotatable bonds is 6. The van der Waals surface area contributed by atoms with Crippen LogP contribution in [0.1, 0.15) is 39.4 Å². The lowest BCUT2D eigenvalue weighted by molar-refractivity contribution is 0.0527. The molecule has 138 valence electrons. The van der Waals surface area contributed by atoms with Crippen LogP contribution in [0.2, 0.25) is 0 Å². The molecule has 0 saturated carbocycles. The highest BCUT2D eigenvalue weighted by molar-refractivity contribution is 7.80. The fourth-order valence-corrected chi connectivity index (χ4v) is 3.52. The van der Waals surface area contributed by atoms with Gasteiger partial charge in [0, 0.05) is 18.1 Å². The van der Waals surface area contributed by atoms with Gasteiger partial charge in [0.25, 0.3) is 0 Å². The predicted octanol–water partition coefficient (Wildman–Crippen LogP) is 3.61. The molecule has 0 aliphatic heterocycles. The largest absolute Gasteiger partial charge is 0.462 e. The minimum atomic E-state index is -0.522. The number of anilines is 2. The van der Waals surface area contributed by atoms with Crippen molar-refractivity contribution in [2.24, 2.45) is 0 Å². The van der Waals surface area contributed by atoms with Crippen molar-refractivity contribution >= 4 is 51.3 Å². The third kappa shape index (κ3) is 4.77. The zero-order valence-corrected chi connectivity index (χ0v) is 16.3. The maximum Gasteiger partial charge on any atom is 0.348 e. The number of nitrogens with zero attached hydrogens (tertiary/aromatic N) is 1. The number of pyridine rings is 1. The van der Waals surface area contributed by atoms with Crippen LogP contribution in [0.4, 0.5) is 10.7 Å². The number of esters is 2. The van der Waals surface area contributed by atoms with Gasteiger partial charge in [0.1, 0.15) is 9.88 Å². The fourth-order valence-electron chi connectivity index (χ4n) is 2.14. The van der Waals surface area contributed by atoms with Crippen LogP contribution in [0.3, 0.4) is 0 Å². The third-order valence-electron chi connectivity index (χ3n) is 3.25. The minimum Gasteiger partial charge on any atom is -0.462 e. The van der Waals surface area contributed by atoms with Crippen LogP contribution in [-0.4, -0.2) is 35.2 Å². The van der Waals surface area contributed by atoms with E-state index in [0.717, 1.165) is 17.0 Å². The average molecular weight is 393 g/mol. The van der Waals surface area contributed by atoms with E-state index in [-0.39, 0.29) is 23.9 Å². The van der Waals surface area contributed by atoms with Gasteiger partial charge in [-0.15, -0.1) is 11.3 Å². The molecule has 0 aliphatic carbocycles. The summed E-state index contributed by atoms with van der Waals surface area (Å²) in [4.78, 5) is 28.8. The standard InChI is InChI=1S/C17H19N3O4S2/c1-4-23-15(21)12-10(3)13(16(22)24-5-2)26-14(12)20-17(25)19-11-6-8-18-9-7-11/h6-9H,4-5H2,1-3H3,(H2,18,19,20,25). The maximum absolute atomic E-state index is 12.3. The Morgan fingerprint density at radius 2 is 1.73 bits per heavy atom. The molecule has 2 rings (SSSR count). The second-order valence-electron chi connectivity index (χ2n) is 5.02. The molecular formula is C17H19N3O4S2. The van der Waals surface area contributed by atoms with Gasteiger partial charge in [-0.25, -0.2) is 9.59 Å². The van der Waals surface area contributed by atoms with Crippen LogP contribution >= 0.6 is 23.6 Å². The Labute approximate surface area is 160 Å². The lowest BCUT2D eigenvalue weighted by Crippen LogP contribution is -2.20. The first-order chi connectivity index (χ1) is 12.5. The van der Waals surface area contributed by atoms with E-state index < -0.39 is 11.9 Å². The van der Waals surface area contributed by atoms with Crippen molar-refractivity contribution in [1.82, 2.24) is 4.98 Å². The number of carbonyl (C=O) groups is 2. The molecule has 0 aromatic carbocycles. The molecule has 0 bridgehead atoms. The van der Waals surface area contributed by atoms with Crippen LogP contribution in [0.15, 0.2) is 24.5 Å². The van der Waals surface area contributed by atoms with Gasteiger partial charge in [0.2, 0.25) is 0 Å². The molecule has 0 amide bonds. The number of hydrogen-bond donors (Lipinski definition) is 2. The van der Waals surface area contributed by atoms with E-state index in [1.165, 1.54) is 0 Å². The molecule has 0 fully saturated rings. The lowest BCUT2D eigenvalue weighted by Gasteiger charge is -2.10. The Kier molecular flexibility index (Phi) is 7.05. The molecule has 26 heavy (non-hydrogen) atoms. The smallest absolute Gasteiger partial charge is 0.348 e. The van der Waals surface area contributed by atoms with Crippen LogP contribution < -0.4 is 10.6 Å². The Hall–Kier alpha value is -2.52. The Morgan fingerprint density at radius 3 is 2.35 bits per heavy atom. The summed E-state index contributed by atoms with van der Waals surface area (Å²) >= 11 is 6.39. The number of thiocarbonyl (C=S) groups is 1. The molecule has 0 radical (unpaired) electrons. The number of nitrogens with one attached hydrogen (secondary N) is 2. The monoisotopic (exact) mass is 393 g/mol. The number of thiophene rings is 1. The van der Waals surface area contributed by atoms with Gasteiger partial charge < -0.3 is 20.1 Å². The normalized spacial score (nSPS) is 10.1. The van der Waals surface area contributed by atoms with Gasteiger partial charge in [-0.2, -0.15) is 0 Å². The molecule has 2 aromatic heterocycles. The predicted molar refractivity (Wildman–Crippen MR) is 105 cm³/mol. The summed E-state index contributed by atoms with van der Waals surface area (Å²) in [6, 6.07) is 3.51. The van der Waals surface area contributed by atoms with Crippen LogP contribution in [0, 0.1) is 6.92 Å². The number of hydrogen-bond acceptors (Lipinski definition) is 7. The Bertz CT molecular complexity index is 806. The van der Waals surface area contributed by atoms with E-state index in [4.69, 9.17) is 21.7 Å². The van der Waals surface area contributed by atoms with Crippen molar-refractivity contribution in [1.29, 1.82) is 0 Å². The van der Waals surface area contributed by atoms with E-state index >= 15 is 0 Å². The Morgan fingerprint density at radius 1 is 1.12 bits per heavy atom. The van der Waals surface area contributed by atoms with E-state index in [9.17, 15) is 9.59 Å². The van der Waals surface area contributed by atoms with Crippen LogP contribution in [0.5, 0.6) is 0 Å². The molecule has 0 saturated heterocycles. The highest BCUT2D eigenvalue weighted by Crippen LogP contribution is 2.34. The quantitative estimate of drug-likeness (QED) is 0.568. The molecular weight excluding hydrogens is 374 g/mol. The lowest BCUT2D eigenvalue weighted by atomic mass is 10.1. The maximum atomic E-state index is 12.3. The van der Waals surface area contributed by atoms with Crippen molar-refractivity contribution in [3.63, 3.8) is 0 Å². The van der Waals surface area contributed by atoms with E-state index in [2.05, 4.69) is 15.6 Å². The van der Waals surface area contributed by atoms with Crippen molar-refractivity contribution in [3.8, 4) is 0 Å². The first kappa shape index (κ1) is 19.8. The summed E-state index contributed by atoms with van der Waals surface area (Å²) in [6.45, 7) is 5.59. The minimum absolute atomic E-state index is 0.224. The fraction of sp³-hybridized carbons (Fsp3) is 0.294. The second kappa shape index (κ2) is 9.25. The first-order valence-electron chi connectivity index (χ1n) is 7.93. The summed E-state index contributed by atoms with van der Waals surface area (Å²) in [6.07, 6.45) is 3.26. The molecule has 0 aliphatic rings. The van der Waals surface area contributed by atoms with Gasteiger partial charge >= 0.3 is 11.9 Å². The summed E-state index contributed by atoms with van der Waals surface area (Å²) in [7, 11) is 0. The summed E-state index contributed by atoms with van der Waals surface area (Å²) in [5.74, 6) is -1.01. The van der Waals surface area contributed by atoms with Gasteiger partial charge in [0.05, 0.1) is 18.8 Å². The Balaban J connectivity index is 2.30. The van der Waals surface area contributed by atoms with Gasteiger partial charge in [-0.3, -0.25) is 4.98 Å².